The third kappa shape index (κ3) is 5.93. The zero-order valence-electron chi connectivity index (χ0n) is 20.4. The number of hydrogen-bond acceptors (Lipinski definition) is 8. The maximum Gasteiger partial charge on any atom is 0.243 e. The number of sulfonamides is 1. The van der Waals surface area contributed by atoms with Crippen LogP contribution in [0.25, 0.3) is 0 Å². The Kier molecular flexibility index (Phi) is 7.21. The molecule has 0 unspecified atom stereocenters. The molecule has 182 valence electrons. The molecule has 1 aromatic carbocycles. The van der Waals surface area contributed by atoms with Crippen LogP contribution >= 0.6 is 0 Å². The normalized spacial score (nSPS) is 18.3. The number of anilines is 4. The van der Waals surface area contributed by atoms with Gasteiger partial charge < -0.3 is 21.7 Å². The highest BCUT2D eigenvalue weighted by Gasteiger charge is 2.38. The summed E-state index contributed by atoms with van der Waals surface area (Å²) in [6, 6.07) is 6.81. The molecule has 2 heterocycles. The minimum Gasteiger partial charge on any atom is -0.393 e. The lowest BCUT2D eigenvalue weighted by atomic mass is 9.79. The van der Waals surface area contributed by atoms with E-state index < -0.39 is 10.0 Å². The van der Waals surface area contributed by atoms with Gasteiger partial charge in [0.25, 0.3) is 0 Å². The van der Waals surface area contributed by atoms with Gasteiger partial charge in [-0.1, -0.05) is 13.8 Å². The minimum atomic E-state index is -3.50. The molecule has 5 N–H and O–H groups in total. The van der Waals surface area contributed by atoms with Crippen molar-refractivity contribution in [2.75, 3.05) is 29.5 Å². The first-order valence-corrected chi connectivity index (χ1v) is 12.8. The quantitative estimate of drug-likeness (QED) is 0.457. The fourth-order valence-corrected chi connectivity index (χ4v) is 6.25. The summed E-state index contributed by atoms with van der Waals surface area (Å²) in [5.74, 6) is 1.06. The summed E-state index contributed by atoms with van der Waals surface area (Å²) in [4.78, 5) is 8.90. The average Bonchev–Trinajstić information content (AvgIpc) is 2.70. The Labute approximate surface area is 197 Å². The van der Waals surface area contributed by atoms with Crippen molar-refractivity contribution in [3.05, 3.63) is 30.6 Å². The molecule has 1 aliphatic heterocycles. The van der Waals surface area contributed by atoms with E-state index in [9.17, 15) is 8.42 Å². The number of nitrogens with one attached hydrogen (secondary N) is 3. The molecule has 1 fully saturated rings. The van der Waals surface area contributed by atoms with E-state index >= 15 is 0 Å². The molecule has 0 radical (unpaired) electrons. The first-order valence-electron chi connectivity index (χ1n) is 11.4. The summed E-state index contributed by atoms with van der Waals surface area (Å²) in [6.07, 6.45) is 3.34. The zero-order chi connectivity index (χ0) is 24.4. The molecule has 0 bridgehead atoms. The van der Waals surface area contributed by atoms with Gasteiger partial charge in [-0.3, -0.25) is 0 Å². The number of nitrogens with two attached hydrogens (primary N) is 1. The van der Waals surface area contributed by atoms with Crippen LogP contribution in [0.4, 0.5) is 23.0 Å². The lowest BCUT2D eigenvalue weighted by Crippen LogP contribution is -2.60. The molecular weight excluding hydrogens is 438 g/mol. The van der Waals surface area contributed by atoms with Crippen LogP contribution in [0.15, 0.2) is 35.5 Å². The third-order valence-electron chi connectivity index (χ3n) is 5.88. The Morgan fingerprint density at radius 3 is 2.12 bits per heavy atom. The molecule has 1 aliphatic rings. The fourth-order valence-electron chi connectivity index (χ4n) is 4.79. The van der Waals surface area contributed by atoms with Crippen molar-refractivity contribution in [3.8, 4) is 0 Å². The topological polar surface area (TPSA) is 125 Å². The van der Waals surface area contributed by atoms with Gasteiger partial charge in [-0.15, -0.1) is 0 Å². The highest BCUT2D eigenvalue weighted by molar-refractivity contribution is 7.89. The van der Waals surface area contributed by atoms with Crippen LogP contribution in [0.3, 0.4) is 0 Å². The van der Waals surface area contributed by atoms with Gasteiger partial charge >= 0.3 is 0 Å². The van der Waals surface area contributed by atoms with Crippen molar-refractivity contribution in [3.63, 3.8) is 0 Å². The van der Waals surface area contributed by atoms with Crippen molar-refractivity contribution in [2.24, 2.45) is 0 Å². The Morgan fingerprint density at radius 2 is 1.58 bits per heavy atom. The lowest BCUT2D eigenvalue weighted by molar-refractivity contribution is 0.170. The van der Waals surface area contributed by atoms with Gasteiger partial charge in [-0.2, -0.15) is 4.31 Å². The summed E-state index contributed by atoms with van der Waals surface area (Å²) in [5, 5.41) is 10.4. The maximum atomic E-state index is 12.7. The molecule has 3 rings (SSSR count). The van der Waals surface area contributed by atoms with Crippen LogP contribution in [-0.4, -0.2) is 52.9 Å². The van der Waals surface area contributed by atoms with Gasteiger partial charge in [-0.05, 0) is 64.8 Å². The Balaban J connectivity index is 1.76. The number of aromatic nitrogens is 2. The Morgan fingerprint density at radius 1 is 1.03 bits per heavy atom. The molecule has 0 saturated carbocycles. The molecule has 9 nitrogen and oxygen atoms in total. The van der Waals surface area contributed by atoms with Crippen LogP contribution in [-0.2, 0) is 10.0 Å². The first kappa shape index (κ1) is 25.2. The van der Waals surface area contributed by atoms with Crippen molar-refractivity contribution in [1.82, 2.24) is 19.6 Å². The molecular formula is C23H37N7O2S. The molecule has 0 spiro atoms. The largest absolute Gasteiger partial charge is 0.393 e. The van der Waals surface area contributed by atoms with E-state index in [4.69, 9.17) is 5.73 Å². The number of rotatable bonds is 8. The molecule has 33 heavy (non-hydrogen) atoms. The van der Waals surface area contributed by atoms with E-state index in [0.717, 1.165) is 12.8 Å². The minimum absolute atomic E-state index is 0.00446. The zero-order valence-corrected chi connectivity index (χ0v) is 21.3. The van der Waals surface area contributed by atoms with E-state index in [1.165, 1.54) is 10.6 Å². The summed E-state index contributed by atoms with van der Waals surface area (Å²) in [7, 11) is -3.50. The predicted molar refractivity (Wildman–Crippen MR) is 134 cm³/mol. The standard InChI is InChI=1S/C23H37N7O2S/c1-7-30(8-2)33(31,32)18-11-9-16(10-12-18)27-20-19(24)21(26-15-25-20)28-17-13-22(3,4)29-23(5,6)14-17/h9-12,15,17,29H,7-8,13-14,24H2,1-6H3,(H2,25,26,27,28). The van der Waals surface area contributed by atoms with Crippen LogP contribution in [0.5, 0.6) is 0 Å². The molecule has 1 aromatic heterocycles. The van der Waals surface area contributed by atoms with E-state index in [1.54, 1.807) is 24.3 Å². The summed E-state index contributed by atoms with van der Waals surface area (Å²) in [5.41, 5.74) is 7.49. The van der Waals surface area contributed by atoms with Crippen LogP contribution in [0.1, 0.15) is 54.4 Å². The number of nitrogen functional groups attached to an aromatic ring is 1. The molecule has 1 saturated heterocycles. The SMILES string of the molecule is CCN(CC)S(=O)(=O)c1ccc(Nc2ncnc(NC3CC(C)(C)NC(C)(C)C3)c2N)cc1. The third-order valence-corrected chi connectivity index (χ3v) is 7.94. The highest BCUT2D eigenvalue weighted by Crippen LogP contribution is 2.33. The number of hydrogen-bond donors (Lipinski definition) is 4. The molecule has 0 amide bonds. The smallest absolute Gasteiger partial charge is 0.243 e. The van der Waals surface area contributed by atoms with Gasteiger partial charge in [0, 0.05) is 35.9 Å². The van der Waals surface area contributed by atoms with Crippen molar-refractivity contribution < 1.29 is 8.42 Å². The Hall–Kier alpha value is -2.43. The average molecular weight is 476 g/mol. The van der Waals surface area contributed by atoms with Gasteiger partial charge in [0.15, 0.2) is 11.6 Å². The summed E-state index contributed by atoms with van der Waals surface area (Å²) < 4.78 is 26.8. The summed E-state index contributed by atoms with van der Waals surface area (Å²) in [6.45, 7) is 13.3. The fraction of sp³-hybridized carbons (Fsp3) is 0.565. The highest BCUT2D eigenvalue weighted by atomic mass is 32.2. The van der Waals surface area contributed by atoms with Crippen molar-refractivity contribution in [1.29, 1.82) is 0 Å². The second-order valence-electron chi connectivity index (χ2n) is 9.87. The van der Waals surface area contributed by atoms with Crippen LogP contribution in [0.2, 0.25) is 0 Å². The van der Waals surface area contributed by atoms with Crippen molar-refractivity contribution >= 4 is 33.0 Å². The first-order chi connectivity index (χ1) is 15.4. The molecule has 10 heteroatoms. The van der Waals surface area contributed by atoms with Gasteiger partial charge in [0.2, 0.25) is 10.0 Å². The van der Waals surface area contributed by atoms with Crippen LogP contribution < -0.4 is 21.7 Å². The monoisotopic (exact) mass is 475 g/mol. The maximum absolute atomic E-state index is 12.7. The summed E-state index contributed by atoms with van der Waals surface area (Å²) >= 11 is 0. The lowest BCUT2D eigenvalue weighted by Gasteiger charge is -2.46. The number of nitrogens with zero attached hydrogens (tertiary/aromatic N) is 3. The van der Waals surface area contributed by atoms with E-state index in [-0.39, 0.29) is 22.0 Å². The molecule has 2 aromatic rings. The molecule has 0 atom stereocenters. The van der Waals surface area contributed by atoms with Gasteiger partial charge in [0.05, 0.1) is 4.90 Å². The second kappa shape index (κ2) is 9.44. The Bertz CT molecular complexity index is 1050. The van der Waals surface area contributed by atoms with Gasteiger partial charge in [0.1, 0.15) is 12.0 Å². The van der Waals surface area contributed by atoms with E-state index in [1.807, 2.05) is 13.8 Å². The molecule has 0 aliphatic carbocycles. The van der Waals surface area contributed by atoms with Crippen LogP contribution in [0, 0.1) is 0 Å². The van der Waals surface area contributed by atoms with E-state index in [0.29, 0.717) is 36.1 Å². The second-order valence-corrected chi connectivity index (χ2v) is 11.8. The number of benzene rings is 1. The van der Waals surface area contributed by atoms with E-state index in [2.05, 4.69) is 53.6 Å². The number of piperidine rings is 1. The van der Waals surface area contributed by atoms with Gasteiger partial charge in [-0.25, -0.2) is 18.4 Å². The van der Waals surface area contributed by atoms with Crippen molar-refractivity contribution in [2.45, 2.75) is 76.4 Å². The predicted octanol–water partition coefficient (Wildman–Crippen LogP) is 3.55.